The number of nitrogens with zero attached hydrogens (tertiary/aromatic N) is 5. The molecule has 6 heterocycles. The number of amides is 1. The largest absolute Gasteiger partial charge is 0.341 e. The zero-order valence-electron chi connectivity index (χ0n) is 20.7. The van der Waals surface area contributed by atoms with Crippen LogP contribution in [-0.2, 0) is 5.41 Å². The number of anilines is 2. The van der Waals surface area contributed by atoms with E-state index in [1.807, 2.05) is 26.2 Å². The summed E-state index contributed by atoms with van der Waals surface area (Å²) in [4.78, 5) is 32.3. The van der Waals surface area contributed by atoms with E-state index < -0.39 is 5.82 Å². The average molecular weight is 505 g/mol. The van der Waals surface area contributed by atoms with Crippen molar-refractivity contribution in [1.29, 1.82) is 0 Å². The van der Waals surface area contributed by atoms with Gasteiger partial charge < -0.3 is 15.1 Å². The molecular weight excluding hydrogens is 475 g/mol. The van der Waals surface area contributed by atoms with Gasteiger partial charge in [-0.1, -0.05) is 6.07 Å². The maximum absolute atomic E-state index is 15.0. The molecular formula is C27H29FN6OS. The number of piperidine rings is 1. The smallest absolute Gasteiger partial charge is 0.255 e. The number of pyridine rings is 1. The van der Waals surface area contributed by atoms with E-state index in [0.29, 0.717) is 34.6 Å². The van der Waals surface area contributed by atoms with Gasteiger partial charge in [0.15, 0.2) is 5.82 Å². The fourth-order valence-electron chi connectivity index (χ4n) is 6.47. The summed E-state index contributed by atoms with van der Waals surface area (Å²) in [5.41, 5.74) is 3.08. The Kier molecular flexibility index (Phi) is 4.83. The fraction of sp³-hybridized carbons (Fsp3) is 0.481. The minimum atomic E-state index is -0.489. The van der Waals surface area contributed by atoms with E-state index >= 15 is 0 Å². The van der Waals surface area contributed by atoms with Crippen molar-refractivity contribution in [3.8, 4) is 10.6 Å². The first kappa shape index (κ1) is 22.3. The number of likely N-dealkylation sites (N-methyl/N-ethyl adjacent to an activating group) is 1. The van der Waals surface area contributed by atoms with E-state index in [0.717, 1.165) is 35.4 Å². The van der Waals surface area contributed by atoms with Crippen LogP contribution in [0, 0.1) is 12.7 Å². The molecule has 36 heavy (non-hydrogen) atoms. The predicted molar refractivity (Wildman–Crippen MR) is 137 cm³/mol. The highest BCUT2D eigenvalue weighted by Gasteiger charge is 2.53. The van der Waals surface area contributed by atoms with Crippen molar-refractivity contribution in [2.75, 3.05) is 26.0 Å². The van der Waals surface area contributed by atoms with Gasteiger partial charge in [-0.3, -0.25) is 4.79 Å². The quantitative estimate of drug-likeness (QED) is 0.547. The molecule has 2 unspecified atom stereocenters. The Hall–Kier alpha value is -2.91. The van der Waals surface area contributed by atoms with Crippen LogP contribution in [0.25, 0.3) is 10.6 Å². The van der Waals surface area contributed by atoms with Gasteiger partial charge in [0.25, 0.3) is 5.91 Å². The van der Waals surface area contributed by atoms with Gasteiger partial charge in [-0.15, -0.1) is 11.3 Å². The van der Waals surface area contributed by atoms with E-state index in [1.54, 1.807) is 4.90 Å². The molecule has 1 spiro atoms. The van der Waals surface area contributed by atoms with Gasteiger partial charge in [0.05, 0.1) is 16.6 Å². The van der Waals surface area contributed by atoms with Crippen LogP contribution in [0.3, 0.4) is 0 Å². The van der Waals surface area contributed by atoms with Gasteiger partial charge in [0.1, 0.15) is 11.5 Å². The van der Waals surface area contributed by atoms with Crippen molar-refractivity contribution < 1.29 is 9.18 Å². The van der Waals surface area contributed by atoms with Crippen LogP contribution >= 0.6 is 11.3 Å². The van der Waals surface area contributed by atoms with Gasteiger partial charge in [-0.2, -0.15) is 0 Å². The molecule has 5 aliphatic rings. The fourth-order valence-corrected chi connectivity index (χ4v) is 8.00. The number of nitrogens with one attached hydrogen (secondary N) is 1. The third-order valence-electron chi connectivity index (χ3n) is 8.85. The predicted octanol–water partition coefficient (Wildman–Crippen LogP) is 4.86. The number of hydrogen-bond donors (Lipinski definition) is 1. The Morgan fingerprint density at radius 2 is 1.89 bits per heavy atom. The zero-order chi connectivity index (χ0) is 24.8. The Labute approximate surface area is 213 Å². The topological polar surface area (TPSA) is 74.2 Å². The standard InChI is InChI=1S/C27H29FN6OS/c1-14-21-24(27(6-7-27)13-33(2)25(21)35)36-23(14)22-19(28)12-30-26(32-22)31-20-5-4-15(11-29-20)16-8-17-10-18(9-16)34(17)3/h4-5,11-12,16-18H,6-10,13H2,1-3H3,(H,29,30,31,32). The van der Waals surface area contributed by atoms with Crippen LogP contribution in [0.2, 0.25) is 0 Å². The summed E-state index contributed by atoms with van der Waals surface area (Å²) in [6, 6.07) is 5.49. The highest BCUT2D eigenvalue weighted by molar-refractivity contribution is 7.16. The second-order valence-corrected chi connectivity index (χ2v) is 12.1. The van der Waals surface area contributed by atoms with Gasteiger partial charge in [-0.25, -0.2) is 19.3 Å². The van der Waals surface area contributed by atoms with Crippen molar-refractivity contribution in [2.24, 2.45) is 0 Å². The van der Waals surface area contributed by atoms with Crippen LogP contribution in [0.15, 0.2) is 24.5 Å². The van der Waals surface area contributed by atoms with Crippen molar-refractivity contribution >= 4 is 29.0 Å². The SMILES string of the molecule is Cc1c(-c2nc(Nc3ccc(C4CC5CC(C4)N5C)cn3)ncc2F)sc2c1C(=O)N(C)CC21CC1. The molecule has 3 aromatic heterocycles. The zero-order valence-corrected chi connectivity index (χ0v) is 21.5. The molecule has 2 aliphatic carbocycles. The highest BCUT2D eigenvalue weighted by atomic mass is 32.1. The van der Waals surface area contributed by atoms with Crippen LogP contribution < -0.4 is 5.32 Å². The molecule has 9 heteroatoms. The van der Waals surface area contributed by atoms with Crippen LogP contribution in [0.1, 0.15) is 64.4 Å². The normalized spacial score (nSPS) is 26.1. The molecule has 186 valence electrons. The molecule has 3 aromatic rings. The molecule has 3 aliphatic heterocycles. The van der Waals surface area contributed by atoms with Crippen LogP contribution in [-0.4, -0.2) is 63.4 Å². The highest BCUT2D eigenvalue weighted by Crippen LogP contribution is 2.57. The van der Waals surface area contributed by atoms with E-state index in [1.165, 1.54) is 42.4 Å². The molecule has 0 radical (unpaired) electrons. The first-order chi connectivity index (χ1) is 17.3. The summed E-state index contributed by atoms with van der Waals surface area (Å²) < 4.78 is 15.0. The molecule has 2 saturated heterocycles. The summed E-state index contributed by atoms with van der Waals surface area (Å²) in [6.45, 7) is 2.64. The number of fused-ring (bicyclic) bond motifs is 4. The molecule has 2 saturated carbocycles. The number of thiophene rings is 1. The number of hydrogen-bond acceptors (Lipinski definition) is 7. The van der Waals surface area contributed by atoms with Gasteiger partial charge >= 0.3 is 0 Å². The Balaban J connectivity index is 1.15. The maximum atomic E-state index is 15.0. The number of halogens is 1. The summed E-state index contributed by atoms with van der Waals surface area (Å²) in [5, 5.41) is 3.14. The average Bonchev–Trinajstić information content (AvgIpc) is 3.57. The molecule has 1 N–H and O–H groups in total. The lowest BCUT2D eigenvalue weighted by Crippen LogP contribution is -2.58. The number of carbonyl (C=O) groups excluding carboxylic acids is 1. The first-order valence-corrected chi connectivity index (χ1v) is 13.5. The van der Waals surface area contributed by atoms with E-state index in [-0.39, 0.29) is 17.0 Å². The second-order valence-electron chi connectivity index (χ2n) is 11.1. The third kappa shape index (κ3) is 3.32. The number of aromatic nitrogens is 3. The lowest BCUT2D eigenvalue weighted by atomic mass is 9.72. The van der Waals surface area contributed by atoms with Crippen molar-refractivity contribution in [1.82, 2.24) is 24.8 Å². The minimum absolute atomic E-state index is 0.0153. The van der Waals surface area contributed by atoms with Crippen LogP contribution in [0.4, 0.5) is 16.2 Å². The van der Waals surface area contributed by atoms with E-state index in [2.05, 4.69) is 38.3 Å². The molecule has 2 atom stereocenters. The maximum Gasteiger partial charge on any atom is 0.255 e. The molecule has 7 nitrogen and oxygen atoms in total. The summed E-state index contributed by atoms with van der Waals surface area (Å²) in [5.74, 6) is 1.01. The van der Waals surface area contributed by atoms with Crippen molar-refractivity contribution in [3.63, 3.8) is 0 Å². The molecule has 1 amide bonds. The lowest BCUT2D eigenvalue weighted by molar-refractivity contribution is -0.0130. The Bertz CT molecular complexity index is 1370. The van der Waals surface area contributed by atoms with Gasteiger partial charge in [0, 0.05) is 42.2 Å². The van der Waals surface area contributed by atoms with Crippen molar-refractivity contribution in [3.05, 3.63) is 51.9 Å². The monoisotopic (exact) mass is 504 g/mol. The third-order valence-corrected chi connectivity index (χ3v) is 10.4. The van der Waals surface area contributed by atoms with Gasteiger partial charge in [0.2, 0.25) is 5.95 Å². The van der Waals surface area contributed by atoms with E-state index in [4.69, 9.17) is 0 Å². The molecule has 2 bridgehead atoms. The Morgan fingerprint density at radius 3 is 2.56 bits per heavy atom. The second kappa shape index (κ2) is 7.79. The minimum Gasteiger partial charge on any atom is -0.341 e. The Morgan fingerprint density at radius 1 is 1.11 bits per heavy atom. The number of rotatable bonds is 4. The van der Waals surface area contributed by atoms with Crippen molar-refractivity contribution in [2.45, 2.75) is 62.4 Å². The summed E-state index contributed by atoms with van der Waals surface area (Å²) in [6.07, 6.45) is 8.97. The number of carbonyl (C=O) groups is 1. The lowest BCUT2D eigenvalue weighted by Gasteiger charge is -2.53. The van der Waals surface area contributed by atoms with Crippen LogP contribution in [0.5, 0.6) is 0 Å². The summed E-state index contributed by atoms with van der Waals surface area (Å²) in [7, 11) is 4.08. The molecule has 0 aromatic carbocycles. The summed E-state index contributed by atoms with van der Waals surface area (Å²) >= 11 is 1.52. The first-order valence-electron chi connectivity index (χ1n) is 12.7. The molecule has 4 fully saturated rings. The molecule has 8 rings (SSSR count). The van der Waals surface area contributed by atoms with Gasteiger partial charge in [-0.05, 0) is 69.2 Å². The van der Waals surface area contributed by atoms with E-state index in [9.17, 15) is 9.18 Å².